The van der Waals surface area contributed by atoms with E-state index in [0.29, 0.717) is 0 Å². The van der Waals surface area contributed by atoms with Gasteiger partial charge in [-0.3, -0.25) is 4.18 Å². The molecule has 1 saturated heterocycles. The summed E-state index contributed by atoms with van der Waals surface area (Å²) in [5.74, 6) is 0. The van der Waals surface area contributed by atoms with Gasteiger partial charge in [-0.1, -0.05) is 30.3 Å². The van der Waals surface area contributed by atoms with E-state index < -0.39 is 47.7 Å². The van der Waals surface area contributed by atoms with E-state index in [0.717, 1.165) is 5.56 Å². The van der Waals surface area contributed by atoms with Crippen LogP contribution in [0.3, 0.4) is 0 Å². The fourth-order valence-electron chi connectivity index (χ4n) is 2.00. The predicted molar refractivity (Wildman–Crippen MR) is 73.6 cm³/mol. The lowest BCUT2D eigenvalue weighted by molar-refractivity contribution is -0.303. The van der Waals surface area contributed by atoms with Crippen molar-refractivity contribution >= 4 is 10.4 Å². The van der Waals surface area contributed by atoms with E-state index in [-0.39, 0.29) is 6.61 Å². The van der Waals surface area contributed by atoms with E-state index in [1.165, 1.54) is 0 Å². The second-order valence-electron chi connectivity index (χ2n) is 4.88. The Morgan fingerprint density at radius 2 is 1.83 bits per heavy atom. The molecule has 0 unspecified atom stereocenters. The molecule has 1 aliphatic rings. The minimum absolute atomic E-state index is 0.0124. The van der Waals surface area contributed by atoms with E-state index in [1.807, 2.05) is 0 Å². The summed E-state index contributed by atoms with van der Waals surface area (Å²) < 4.78 is 53.4. The zero-order chi connectivity index (χ0) is 17.9. The van der Waals surface area contributed by atoms with E-state index in [1.54, 1.807) is 30.3 Å². The third-order valence-corrected chi connectivity index (χ3v) is 3.52. The number of ether oxygens (including phenoxy) is 2. The first-order valence-electron chi connectivity index (χ1n) is 7.18. The van der Waals surface area contributed by atoms with Gasteiger partial charge >= 0.3 is 0 Å². The first-order valence-corrected chi connectivity index (χ1v) is 7.94. The topological polar surface area (TPSA) is 146 Å². The van der Waals surface area contributed by atoms with E-state index >= 15 is 0 Å². The van der Waals surface area contributed by atoms with E-state index in [2.05, 4.69) is 4.18 Å². The molecule has 9 nitrogen and oxygen atoms in total. The zero-order valence-corrected chi connectivity index (χ0v) is 12.6. The Bertz CT molecular complexity index is 626. The van der Waals surface area contributed by atoms with Gasteiger partial charge in [0.15, 0.2) is 6.29 Å². The summed E-state index contributed by atoms with van der Waals surface area (Å²) in [5.41, 5.74) is 0.728. The lowest BCUT2D eigenvalue weighted by Gasteiger charge is -2.40. The highest BCUT2D eigenvalue weighted by molar-refractivity contribution is 7.80. The van der Waals surface area contributed by atoms with Crippen LogP contribution in [-0.4, -0.2) is 65.6 Å². The molecule has 0 amide bonds. The monoisotopic (exact) mass is 350 g/mol. The fourth-order valence-corrected chi connectivity index (χ4v) is 2.24. The molecule has 130 valence electrons. The molecule has 1 aliphatic heterocycles. The minimum atomic E-state index is -5.21. The molecule has 0 aromatic heterocycles. The summed E-state index contributed by atoms with van der Waals surface area (Å²) >= 11 is 0. The number of aliphatic hydroxyl groups is 3. The highest BCUT2D eigenvalue weighted by Crippen LogP contribution is 2.23. The van der Waals surface area contributed by atoms with Crippen LogP contribution in [0, 0.1) is 0 Å². The highest BCUT2D eigenvalue weighted by Gasteiger charge is 2.44. The number of aliphatic hydroxyl groups excluding tert-OH is 3. The Balaban J connectivity index is 2.05. The average Bonchev–Trinajstić information content (AvgIpc) is 2.51. The lowest BCUT2D eigenvalue weighted by atomic mass is 9.99. The molecule has 0 aliphatic carbocycles. The number of hydrogen-bond donors (Lipinski definition) is 3. The van der Waals surface area contributed by atoms with Gasteiger partial charge in [0.2, 0.25) is 10.4 Å². The van der Waals surface area contributed by atoms with Crippen molar-refractivity contribution in [3.8, 4) is 0 Å². The van der Waals surface area contributed by atoms with Crippen LogP contribution < -0.4 is 0 Å². The first kappa shape index (κ1) is 16.7. The number of benzene rings is 1. The standard InChI is InChI=1S/C13H18O9S/c14-10-9(7-21-23(17,18)19)22-13(12(16)11(10)15)20-6-8-4-2-1-3-5-8/h1-5,9-16H,6-7H2,(H,17,18,19)/p-1/t9-,10-,11+,12-,13-/m1/s1/i7D/t7-,9-,10-,11+,12-,13-. The molecule has 3 N–H and O–H groups in total. The van der Waals surface area contributed by atoms with Crippen molar-refractivity contribution in [3.63, 3.8) is 0 Å². The molecule has 6 atom stereocenters. The molecule has 0 saturated carbocycles. The van der Waals surface area contributed by atoms with Gasteiger partial charge in [0, 0.05) is 0 Å². The molecule has 2 rings (SSSR count). The molecule has 1 heterocycles. The summed E-state index contributed by atoms with van der Waals surface area (Å²) in [5, 5.41) is 29.5. The van der Waals surface area contributed by atoms with Crippen molar-refractivity contribution in [2.24, 2.45) is 0 Å². The van der Waals surface area contributed by atoms with Crippen molar-refractivity contribution in [1.82, 2.24) is 0 Å². The fraction of sp³-hybridized carbons (Fsp3) is 0.538. The van der Waals surface area contributed by atoms with Crippen LogP contribution in [0.2, 0.25) is 0 Å². The van der Waals surface area contributed by atoms with Crippen LogP contribution in [0.5, 0.6) is 0 Å². The van der Waals surface area contributed by atoms with Gasteiger partial charge in [-0.05, 0) is 5.56 Å². The van der Waals surface area contributed by atoms with Crippen molar-refractivity contribution in [2.45, 2.75) is 37.3 Å². The summed E-state index contributed by atoms with van der Waals surface area (Å²) in [6.07, 6.45) is -8.44. The minimum Gasteiger partial charge on any atom is -0.726 e. The van der Waals surface area contributed by atoms with Gasteiger partial charge in [-0.15, -0.1) is 0 Å². The molecule has 0 bridgehead atoms. The quantitative estimate of drug-likeness (QED) is 0.411. The molecular formula is C13H17O9S-. The van der Waals surface area contributed by atoms with E-state index in [9.17, 15) is 28.3 Å². The van der Waals surface area contributed by atoms with Crippen molar-refractivity contribution < 1.29 is 43.3 Å². The predicted octanol–water partition coefficient (Wildman–Crippen LogP) is -1.51. The zero-order valence-electron chi connectivity index (χ0n) is 12.8. The number of rotatable bonds is 6. The first-order chi connectivity index (χ1) is 11.2. The van der Waals surface area contributed by atoms with Crippen LogP contribution in [-0.2, 0) is 30.7 Å². The Labute approximate surface area is 134 Å². The molecule has 23 heavy (non-hydrogen) atoms. The van der Waals surface area contributed by atoms with Crippen molar-refractivity contribution in [2.75, 3.05) is 6.58 Å². The second kappa shape index (κ2) is 7.64. The Kier molecular flexibility index (Phi) is 5.56. The van der Waals surface area contributed by atoms with Gasteiger partial charge < -0.3 is 29.3 Å². The van der Waals surface area contributed by atoms with Gasteiger partial charge in [0.25, 0.3) is 0 Å². The smallest absolute Gasteiger partial charge is 0.217 e. The molecule has 10 heteroatoms. The van der Waals surface area contributed by atoms with E-state index in [4.69, 9.17) is 10.8 Å². The summed E-state index contributed by atoms with van der Waals surface area (Å²) in [4.78, 5) is 0. The Morgan fingerprint density at radius 1 is 1.17 bits per heavy atom. The summed E-state index contributed by atoms with van der Waals surface area (Å²) in [7, 11) is -5.21. The molecule has 1 aromatic carbocycles. The van der Waals surface area contributed by atoms with Crippen molar-refractivity contribution in [1.29, 1.82) is 0 Å². The molecule has 0 radical (unpaired) electrons. The largest absolute Gasteiger partial charge is 0.726 e. The highest BCUT2D eigenvalue weighted by atomic mass is 32.3. The van der Waals surface area contributed by atoms with Gasteiger partial charge in [0.05, 0.1) is 14.6 Å². The SMILES string of the molecule is [2H][C@@H](OS(=O)(=O)[O-])[C@H]1O[C@@H](OCc2ccccc2)[C@H](O)[C@@H](O)[C@@H]1O. The van der Waals surface area contributed by atoms with Crippen LogP contribution in [0.25, 0.3) is 0 Å². The van der Waals surface area contributed by atoms with Gasteiger partial charge in [-0.25, -0.2) is 8.42 Å². The molecule has 1 aromatic rings. The Hall–Kier alpha value is -1.11. The average molecular weight is 350 g/mol. The molecule has 1 fully saturated rings. The maximum atomic E-state index is 10.6. The van der Waals surface area contributed by atoms with Gasteiger partial charge in [0.1, 0.15) is 24.4 Å². The van der Waals surface area contributed by atoms with Crippen LogP contribution >= 0.6 is 0 Å². The summed E-state index contributed by atoms with van der Waals surface area (Å²) in [6, 6.07) is 8.77. The normalized spacial score (nSPS) is 33.9. The Morgan fingerprint density at radius 3 is 2.43 bits per heavy atom. The third-order valence-electron chi connectivity index (χ3n) is 3.17. The second-order valence-corrected chi connectivity index (χ2v) is 5.89. The number of hydrogen-bond acceptors (Lipinski definition) is 9. The van der Waals surface area contributed by atoms with Gasteiger partial charge in [-0.2, -0.15) is 0 Å². The van der Waals surface area contributed by atoms with Crippen LogP contribution in [0.4, 0.5) is 0 Å². The lowest BCUT2D eigenvalue weighted by Crippen LogP contribution is -2.59. The maximum absolute atomic E-state index is 10.6. The third kappa shape index (κ3) is 5.19. The van der Waals surface area contributed by atoms with Crippen LogP contribution in [0.15, 0.2) is 30.3 Å². The maximum Gasteiger partial charge on any atom is 0.217 e. The molecular weight excluding hydrogens is 332 g/mol. The summed E-state index contributed by atoms with van der Waals surface area (Å²) in [6.45, 7) is -2.14. The van der Waals surface area contributed by atoms with Crippen LogP contribution in [0.1, 0.15) is 6.93 Å². The molecule has 0 spiro atoms. The van der Waals surface area contributed by atoms with Crippen molar-refractivity contribution in [3.05, 3.63) is 35.9 Å².